The molecular weight excluding hydrogens is 322 g/mol. The zero-order valence-corrected chi connectivity index (χ0v) is 14.1. The second kappa shape index (κ2) is 6.36. The van der Waals surface area contributed by atoms with Crippen molar-refractivity contribution in [1.82, 2.24) is 9.13 Å². The topological polar surface area (TPSA) is 94.5 Å². The summed E-state index contributed by atoms with van der Waals surface area (Å²) in [6.45, 7) is 2.52. The average Bonchev–Trinajstić information content (AvgIpc) is 2.63. The molecule has 1 aliphatic heterocycles. The highest BCUT2D eigenvalue weighted by Crippen LogP contribution is 2.22. The Morgan fingerprint density at radius 2 is 1.52 bits per heavy atom. The van der Waals surface area contributed by atoms with Crippen LogP contribution in [0.15, 0.2) is 33.9 Å². The highest BCUT2D eigenvalue weighted by atomic mass is 16.3. The van der Waals surface area contributed by atoms with Crippen LogP contribution in [0.5, 0.6) is 5.75 Å². The normalized spacial score (nSPS) is 14.4. The summed E-state index contributed by atoms with van der Waals surface area (Å²) in [5.74, 6) is 0.595. The predicted octanol–water partition coefficient (Wildman–Crippen LogP) is -0.0121. The molecule has 130 valence electrons. The van der Waals surface area contributed by atoms with Crippen LogP contribution in [0, 0.1) is 11.3 Å². The van der Waals surface area contributed by atoms with Crippen molar-refractivity contribution in [3.8, 4) is 11.8 Å². The van der Waals surface area contributed by atoms with E-state index in [4.69, 9.17) is 0 Å². The second-order valence-corrected chi connectivity index (χ2v) is 6.01. The van der Waals surface area contributed by atoms with Crippen LogP contribution in [-0.2, 0) is 14.1 Å². The zero-order chi connectivity index (χ0) is 18.1. The SMILES string of the molecule is Cn1c(N2CCN(c3ccc(O)cc3)CC2)c(C#N)c(=O)n(C)c1=O. The number of rotatable bonds is 2. The Kier molecular flexibility index (Phi) is 4.23. The van der Waals surface area contributed by atoms with Gasteiger partial charge in [0.2, 0.25) is 0 Å². The Bertz CT molecular complexity index is 944. The second-order valence-electron chi connectivity index (χ2n) is 6.01. The standard InChI is InChI=1S/C17H19N5O3/c1-19-15(14(11-18)16(24)20(2)17(19)25)22-9-7-21(8-10-22)12-3-5-13(23)6-4-12/h3-6,23H,7-10H2,1-2H3. The fourth-order valence-electron chi connectivity index (χ4n) is 3.14. The molecule has 2 aromatic rings. The lowest BCUT2D eigenvalue weighted by atomic mass is 10.2. The lowest BCUT2D eigenvalue weighted by molar-refractivity contribution is 0.475. The van der Waals surface area contributed by atoms with Crippen molar-refractivity contribution in [2.24, 2.45) is 14.1 Å². The Morgan fingerprint density at radius 1 is 0.960 bits per heavy atom. The van der Waals surface area contributed by atoms with Gasteiger partial charge in [0.1, 0.15) is 17.6 Å². The van der Waals surface area contributed by atoms with Gasteiger partial charge in [-0.05, 0) is 24.3 Å². The first-order valence-corrected chi connectivity index (χ1v) is 7.93. The molecule has 0 amide bonds. The average molecular weight is 341 g/mol. The number of piperazine rings is 1. The number of nitriles is 1. The minimum Gasteiger partial charge on any atom is -0.508 e. The maximum Gasteiger partial charge on any atom is 0.332 e. The summed E-state index contributed by atoms with van der Waals surface area (Å²) in [5.41, 5.74) is -0.0277. The lowest BCUT2D eigenvalue weighted by Gasteiger charge is -2.38. The highest BCUT2D eigenvalue weighted by molar-refractivity contribution is 5.56. The molecule has 8 heteroatoms. The molecule has 0 unspecified atom stereocenters. The van der Waals surface area contributed by atoms with E-state index in [0.29, 0.717) is 32.0 Å². The van der Waals surface area contributed by atoms with Crippen molar-refractivity contribution in [3.05, 3.63) is 50.7 Å². The van der Waals surface area contributed by atoms with Crippen LogP contribution in [0.25, 0.3) is 0 Å². The van der Waals surface area contributed by atoms with E-state index in [-0.39, 0.29) is 11.3 Å². The monoisotopic (exact) mass is 341 g/mol. The third kappa shape index (κ3) is 2.85. The summed E-state index contributed by atoms with van der Waals surface area (Å²) >= 11 is 0. The summed E-state index contributed by atoms with van der Waals surface area (Å²) in [6.07, 6.45) is 0. The van der Waals surface area contributed by atoms with E-state index < -0.39 is 11.2 Å². The first-order chi connectivity index (χ1) is 11.9. The molecule has 0 spiro atoms. The quantitative estimate of drug-likeness (QED) is 0.825. The summed E-state index contributed by atoms with van der Waals surface area (Å²) < 4.78 is 2.31. The Balaban J connectivity index is 1.89. The molecule has 1 N–H and O–H groups in total. The number of benzene rings is 1. The van der Waals surface area contributed by atoms with Gasteiger partial charge in [0.25, 0.3) is 5.56 Å². The van der Waals surface area contributed by atoms with Crippen molar-refractivity contribution in [3.63, 3.8) is 0 Å². The number of phenols is 1. The maximum atomic E-state index is 12.2. The van der Waals surface area contributed by atoms with Gasteiger partial charge in [-0.3, -0.25) is 13.9 Å². The minimum atomic E-state index is -0.568. The number of phenolic OH excluding ortho intramolecular Hbond substituents is 1. The van der Waals surface area contributed by atoms with Crippen molar-refractivity contribution in [2.45, 2.75) is 0 Å². The molecule has 0 bridgehead atoms. The Hall–Kier alpha value is -3.21. The van der Waals surface area contributed by atoms with E-state index in [1.165, 1.54) is 11.6 Å². The van der Waals surface area contributed by atoms with Crippen LogP contribution in [0.4, 0.5) is 11.5 Å². The van der Waals surface area contributed by atoms with Gasteiger partial charge in [-0.1, -0.05) is 0 Å². The number of nitrogens with zero attached hydrogens (tertiary/aromatic N) is 5. The molecule has 1 aromatic carbocycles. The van der Waals surface area contributed by atoms with Gasteiger partial charge in [-0.25, -0.2) is 4.79 Å². The summed E-state index contributed by atoms with van der Waals surface area (Å²) in [7, 11) is 2.95. The van der Waals surface area contributed by atoms with Gasteiger partial charge in [-0.2, -0.15) is 5.26 Å². The van der Waals surface area contributed by atoms with Crippen LogP contribution >= 0.6 is 0 Å². The van der Waals surface area contributed by atoms with Gasteiger partial charge in [-0.15, -0.1) is 0 Å². The van der Waals surface area contributed by atoms with Crippen LogP contribution in [-0.4, -0.2) is 40.4 Å². The molecule has 0 saturated carbocycles. The molecular formula is C17H19N5O3. The first kappa shape index (κ1) is 16.6. The molecule has 1 aromatic heterocycles. The van der Waals surface area contributed by atoms with Crippen molar-refractivity contribution in [1.29, 1.82) is 5.26 Å². The molecule has 0 radical (unpaired) electrons. The largest absolute Gasteiger partial charge is 0.508 e. The fraction of sp³-hybridized carbons (Fsp3) is 0.353. The summed E-state index contributed by atoms with van der Waals surface area (Å²) in [4.78, 5) is 28.5. The van der Waals surface area contributed by atoms with Gasteiger partial charge in [0.05, 0.1) is 0 Å². The summed E-state index contributed by atoms with van der Waals surface area (Å²) in [6, 6.07) is 8.91. The molecule has 1 saturated heterocycles. The predicted molar refractivity (Wildman–Crippen MR) is 94.2 cm³/mol. The Labute approximate surface area is 144 Å². The van der Waals surface area contributed by atoms with E-state index in [0.717, 1.165) is 10.3 Å². The maximum absolute atomic E-state index is 12.2. The van der Waals surface area contributed by atoms with Gasteiger partial charge < -0.3 is 14.9 Å². The molecule has 0 aliphatic carbocycles. The van der Waals surface area contributed by atoms with E-state index in [2.05, 4.69) is 4.90 Å². The van der Waals surface area contributed by atoms with Crippen molar-refractivity contribution >= 4 is 11.5 Å². The molecule has 1 aliphatic rings. The highest BCUT2D eigenvalue weighted by Gasteiger charge is 2.24. The van der Waals surface area contributed by atoms with E-state index in [1.807, 2.05) is 23.1 Å². The Morgan fingerprint density at radius 3 is 2.08 bits per heavy atom. The smallest absolute Gasteiger partial charge is 0.332 e. The number of aromatic nitrogens is 2. The minimum absolute atomic E-state index is 0.0114. The van der Waals surface area contributed by atoms with E-state index in [9.17, 15) is 20.0 Å². The van der Waals surface area contributed by atoms with Crippen LogP contribution in [0.2, 0.25) is 0 Å². The molecule has 25 heavy (non-hydrogen) atoms. The molecule has 1 fully saturated rings. The first-order valence-electron chi connectivity index (χ1n) is 7.93. The molecule has 8 nitrogen and oxygen atoms in total. The number of anilines is 2. The number of hydrogen-bond donors (Lipinski definition) is 1. The van der Waals surface area contributed by atoms with Crippen molar-refractivity contribution < 1.29 is 5.11 Å². The van der Waals surface area contributed by atoms with Crippen molar-refractivity contribution in [2.75, 3.05) is 36.0 Å². The third-order valence-corrected chi connectivity index (χ3v) is 4.54. The van der Waals surface area contributed by atoms with E-state index >= 15 is 0 Å². The zero-order valence-electron chi connectivity index (χ0n) is 14.1. The number of aromatic hydroxyl groups is 1. The van der Waals surface area contributed by atoms with Gasteiger partial charge in [0, 0.05) is 46.0 Å². The number of hydrogen-bond acceptors (Lipinski definition) is 6. The van der Waals surface area contributed by atoms with Crippen LogP contribution in [0.3, 0.4) is 0 Å². The van der Waals surface area contributed by atoms with Gasteiger partial charge in [0.15, 0.2) is 5.56 Å². The van der Waals surface area contributed by atoms with Gasteiger partial charge >= 0.3 is 5.69 Å². The summed E-state index contributed by atoms with van der Waals surface area (Å²) in [5, 5.41) is 18.8. The third-order valence-electron chi connectivity index (χ3n) is 4.54. The molecule has 0 atom stereocenters. The lowest BCUT2D eigenvalue weighted by Crippen LogP contribution is -2.50. The van der Waals surface area contributed by atoms with Crippen LogP contribution in [0.1, 0.15) is 5.56 Å². The molecule has 2 heterocycles. The molecule has 3 rings (SSSR count). The van der Waals surface area contributed by atoms with Crippen LogP contribution < -0.4 is 21.0 Å². The fourth-order valence-corrected chi connectivity index (χ4v) is 3.14. The van der Waals surface area contributed by atoms with E-state index in [1.54, 1.807) is 19.2 Å².